The van der Waals surface area contributed by atoms with Crippen LogP contribution in [0, 0.1) is 11.8 Å². The fourth-order valence-electron chi connectivity index (χ4n) is 4.67. The smallest absolute Gasteiger partial charge is 0.400 e. The quantitative estimate of drug-likeness (QED) is 0.0827. The zero-order valence-corrected chi connectivity index (χ0v) is 23.0. The molecule has 0 saturated heterocycles. The zero-order chi connectivity index (χ0) is 30.8. The van der Waals surface area contributed by atoms with Crippen molar-refractivity contribution in [2.45, 2.75) is 63.7 Å². The highest BCUT2D eigenvalue weighted by Crippen LogP contribution is 2.42. The maximum atomic E-state index is 14.7. The van der Waals surface area contributed by atoms with Gasteiger partial charge in [0.05, 0.1) is 24.7 Å². The largest absolute Gasteiger partial charge is 0.463 e. The van der Waals surface area contributed by atoms with Crippen molar-refractivity contribution in [2.24, 2.45) is 11.8 Å². The summed E-state index contributed by atoms with van der Waals surface area (Å²) in [6.45, 7) is 0.232. The number of halogens is 5. The summed E-state index contributed by atoms with van der Waals surface area (Å²) in [5.41, 5.74) is 12.8. The Balaban J connectivity index is 1.33. The lowest BCUT2D eigenvalue weighted by Gasteiger charge is -2.33. The van der Waals surface area contributed by atoms with E-state index in [1.807, 2.05) is 0 Å². The molecule has 3 rings (SSSR count). The molecule has 0 unspecified atom stereocenters. The topological polar surface area (TPSA) is 114 Å². The molecule has 7 nitrogen and oxygen atoms in total. The van der Waals surface area contributed by atoms with Crippen LogP contribution < -0.4 is 16.2 Å². The number of rotatable bonds is 13. The second kappa shape index (κ2) is 14.9. The van der Waals surface area contributed by atoms with Gasteiger partial charge in [-0.15, -0.1) is 0 Å². The van der Waals surface area contributed by atoms with Crippen molar-refractivity contribution in [3.63, 3.8) is 0 Å². The number of hydrogen-bond donors (Lipinski definition) is 2. The van der Waals surface area contributed by atoms with E-state index >= 15 is 0 Å². The number of ether oxygens (including phenoxy) is 3. The molecule has 0 bridgehead atoms. The van der Waals surface area contributed by atoms with Crippen molar-refractivity contribution in [3.05, 3.63) is 59.7 Å². The van der Waals surface area contributed by atoms with Crippen LogP contribution in [0.15, 0.2) is 48.5 Å². The van der Waals surface area contributed by atoms with E-state index in [2.05, 4.69) is 0 Å². The Morgan fingerprint density at radius 1 is 0.857 bits per heavy atom. The fraction of sp³-hybridized carbons (Fsp3) is 0.467. The lowest BCUT2D eigenvalue weighted by Crippen LogP contribution is -2.37. The average molecular weight is 599 g/mol. The first-order chi connectivity index (χ1) is 19.8. The summed E-state index contributed by atoms with van der Waals surface area (Å²) in [5.74, 6) is -2.48. The van der Waals surface area contributed by atoms with Crippen LogP contribution in [0.3, 0.4) is 0 Å². The van der Waals surface area contributed by atoms with Gasteiger partial charge in [0.2, 0.25) is 0 Å². The van der Waals surface area contributed by atoms with E-state index in [-0.39, 0.29) is 49.7 Å². The monoisotopic (exact) mass is 598 g/mol. The second-order valence-electron chi connectivity index (χ2n) is 10.3. The molecule has 2 aromatic carbocycles. The highest BCUT2D eigenvalue weighted by molar-refractivity contribution is 5.91. The van der Waals surface area contributed by atoms with Crippen molar-refractivity contribution < 1.29 is 45.8 Å². The minimum atomic E-state index is -4.23. The summed E-state index contributed by atoms with van der Waals surface area (Å²) in [7, 11) is 0. The zero-order valence-electron chi connectivity index (χ0n) is 23.0. The molecule has 42 heavy (non-hydrogen) atoms. The third kappa shape index (κ3) is 11.2. The standard InChI is InChI=1S/C30H35F5N2O5/c31-29(32,33)14-13-21-3-8-23(9-4-21)30(34,35)42-26-10-5-20(6-11-26)7-12-27(38)40-15-1-2-16-41-28(39)22-17-24(36)19-25(37)18-22/h5-7,10-12,17-19,21,23H,1-4,8-9,13-16,36-37H2. The predicted molar refractivity (Wildman–Crippen MR) is 148 cm³/mol. The van der Waals surface area contributed by atoms with Crippen LogP contribution in [0.1, 0.15) is 67.3 Å². The predicted octanol–water partition coefficient (Wildman–Crippen LogP) is 7.17. The average Bonchev–Trinajstić information content (AvgIpc) is 2.92. The number of carbonyl (C=O) groups excluding carboxylic acids is 2. The molecule has 0 atom stereocenters. The highest BCUT2D eigenvalue weighted by Gasteiger charge is 2.44. The van der Waals surface area contributed by atoms with Crippen molar-refractivity contribution >= 4 is 29.4 Å². The SMILES string of the molecule is Nc1cc(N)cc(C(=O)OCCCCOC(=O)C=Cc2ccc(OC(F)(F)C3CCC(CCC(F)(F)F)CC3)cc2)c1. The van der Waals surface area contributed by atoms with Gasteiger partial charge in [-0.05, 0) is 92.8 Å². The van der Waals surface area contributed by atoms with Crippen LogP contribution in [0.4, 0.5) is 33.3 Å². The second-order valence-corrected chi connectivity index (χ2v) is 10.3. The van der Waals surface area contributed by atoms with Gasteiger partial charge in [-0.3, -0.25) is 0 Å². The van der Waals surface area contributed by atoms with Crippen molar-refractivity contribution in [1.82, 2.24) is 0 Å². The van der Waals surface area contributed by atoms with Gasteiger partial charge in [-0.1, -0.05) is 12.1 Å². The number of hydrogen-bond acceptors (Lipinski definition) is 7. The van der Waals surface area contributed by atoms with E-state index in [0.717, 1.165) is 0 Å². The summed E-state index contributed by atoms with van der Waals surface area (Å²) in [6, 6.07) is 10.2. The van der Waals surface area contributed by atoms with Crippen LogP contribution in [0.2, 0.25) is 0 Å². The lowest BCUT2D eigenvalue weighted by molar-refractivity contribution is -0.224. The van der Waals surface area contributed by atoms with E-state index in [4.69, 9.17) is 25.7 Å². The van der Waals surface area contributed by atoms with E-state index in [9.17, 15) is 31.5 Å². The summed E-state index contributed by atoms with van der Waals surface area (Å²) in [4.78, 5) is 24.0. The number of unbranched alkanes of at least 4 members (excludes halogenated alkanes) is 1. The molecular formula is C30H35F5N2O5. The van der Waals surface area contributed by atoms with Crippen LogP contribution in [0.5, 0.6) is 5.75 Å². The molecule has 1 aliphatic rings. The molecule has 0 spiro atoms. The van der Waals surface area contributed by atoms with E-state index in [1.54, 1.807) is 0 Å². The molecule has 230 valence electrons. The van der Waals surface area contributed by atoms with Gasteiger partial charge >= 0.3 is 24.2 Å². The lowest BCUT2D eigenvalue weighted by atomic mass is 9.79. The normalized spacial score (nSPS) is 17.6. The molecule has 0 heterocycles. The van der Waals surface area contributed by atoms with Gasteiger partial charge < -0.3 is 25.7 Å². The first kappa shape index (κ1) is 32.7. The van der Waals surface area contributed by atoms with Crippen LogP contribution in [0.25, 0.3) is 6.08 Å². The molecule has 0 aliphatic heterocycles. The minimum absolute atomic E-state index is 0.0371. The Morgan fingerprint density at radius 2 is 1.45 bits per heavy atom. The van der Waals surface area contributed by atoms with Gasteiger partial charge in [-0.2, -0.15) is 22.0 Å². The van der Waals surface area contributed by atoms with E-state index < -0.39 is 36.6 Å². The van der Waals surface area contributed by atoms with Crippen LogP contribution >= 0.6 is 0 Å². The molecule has 0 amide bonds. The van der Waals surface area contributed by atoms with E-state index in [1.165, 1.54) is 54.6 Å². The first-order valence-corrected chi connectivity index (χ1v) is 13.7. The third-order valence-electron chi connectivity index (χ3n) is 6.93. The molecule has 4 N–H and O–H groups in total. The molecule has 1 fully saturated rings. The molecule has 0 aromatic heterocycles. The highest BCUT2D eigenvalue weighted by atomic mass is 19.4. The van der Waals surface area contributed by atoms with Gasteiger partial charge in [0.25, 0.3) is 0 Å². The van der Waals surface area contributed by atoms with Gasteiger partial charge in [0.1, 0.15) is 5.75 Å². The van der Waals surface area contributed by atoms with Crippen LogP contribution in [-0.4, -0.2) is 37.4 Å². The molecular weight excluding hydrogens is 563 g/mol. The van der Waals surface area contributed by atoms with Crippen LogP contribution in [-0.2, 0) is 14.3 Å². The maximum absolute atomic E-state index is 14.7. The van der Waals surface area contributed by atoms with Gasteiger partial charge in [0.15, 0.2) is 0 Å². The number of carbonyl (C=O) groups is 2. The molecule has 1 aliphatic carbocycles. The maximum Gasteiger partial charge on any atom is 0.400 e. The Kier molecular flexibility index (Phi) is 11.6. The Bertz CT molecular complexity index is 1190. The number of esters is 2. The molecule has 12 heteroatoms. The minimum Gasteiger partial charge on any atom is -0.463 e. The summed E-state index contributed by atoms with van der Waals surface area (Å²) >= 11 is 0. The molecule has 1 saturated carbocycles. The number of anilines is 2. The number of nitrogens with two attached hydrogens (primary N) is 2. The first-order valence-electron chi connectivity index (χ1n) is 13.7. The van der Waals surface area contributed by atoms with Gasteiger partial charge in [-0.25, -0.2) is 9.59 Å². The summed E-state index contributed by atoms with van der Waals surface area (Å²) in [6.07, 6.45) is -4.20. The summed E-state index contributed by atoms with van der Waals surface area (Å²) in [5, 5.41) is 0. The Labute approximate surface area is 241 Å². The van der Waals surface area contributed by atoms with Crippen molar-refractivity contribution in [2.75, 3.05) is 24.7 Å². The summed E-state index contributed by atoms with van der Waals surface area (Å²) < 4.78 is 81.8. The van der Waals surface area contributed by atoms with Gasteiger partial charge in [0, 0.05) is 23.9 Å². The molecule has 0 radical (unpaired) electrons. The number of benzene rings is 2. The van der Waals surface area contributed by atoms with E-state index in [0.29, 0.717) is 42.6 Å². The van der Waals surface area contributed by atoms with Crippen molar-refractivity contribution in [3.8, 4) is 5.75 Å². The fourth-order valence-corrected chi connectivity index (χ4v) is 4.67. The number of nitrogen functional groups attached to an aromatic ring is 2. The Hall–Kier alpha value is -3.83. The Morgan fingerprint density at radius 3 is 2.05 bits per heavy atom. The number of alkyl halides is 5. The third-order valence-corrected chi connectivity index (χ3v) is 6.93. The molecule has 2 aromatic rings. The van der Waals surface area contributed by atoms with Crippen molar-refractivity contribution in [1.29, 1.82) is 0 Å².